The second-order valence-electron chi connectivity index (χ2n) is 1.05. The van der Waals surface area contributed by atoms with Gasteiger partial charge in [0.2, 0.25) is 0 Å². The Balaban J connectivity index is 3.09. The van der Waals surface area contributed by atoms with E-state index in [1.54, 1.807) is 12.2 Å². The van der Waals surface area contributed by atoms with Crippen LogP contribution in [0.25, 0.3) is 0 Å². The van der Waals surface area contributed by atoms with E-state index in [0.29, 0.717) is 6.54 Å². The predicted octanol–water partition coefficient (Wildman–Crippen LogP) is -0.0263. The Hall–Kier alpha value is -0.760. The van der Waals surface area contributed by atoms with Crippen LogP contribution >= 0.6 is 0 Å². The third-order valence-electron chi connectivity index (χ3n) is 0.494. The third-order valence-corrected chi connectivity index (χ3v) is 0.494. The molecule has 0 saturated carbocycles. The molecule has 2 heteroatoms. The van der Waals surface area contributed by atoms with Crippen LogP contribution in [0.5, 0.6) is 0 Å². The van der Waals surface area contributed by atoms with Crippen molar-refractivity contribution >= 4 is 0 Å². The zero-order valence-electron chi connectivity index (χ0n) is 4.17. The lowest BCUT2D eigenvalue weighted by Crippen LogP contribution is -1.91. The third kappa shape index (κ3) is 5.24. The molecular weight excluding hydrogens is 88.1 g/mol. The van der Waals surface area contributed by atoms with E-state index in [1.165, 1.54) is 6.20 Å². The lowest BCUT2D eigenvalue weighted by Gasteiger charge is -1.71. The molecule has 0 aliphatic carbocycles. The number of nitrogens with two attached hydrogens (primary N) is 2. The molecule has 0 bridgehead atoms. The summed E-state index contributed by atoms with van der Waals surface area (Å²) in [6.45, 7) is 0.574. The van der Waals surface area contributed by atoms with Gasteiger partial charge in [-0.2, -0.15) is 0 Å². The van der Waals surface area contributed by atoms with E-state index in [-0.39, 0.29) is 0 Å². The smallest absolute Gasteiger partial charge is 0.0109 e. The molecule has 4 N–H and O–H groups in total. The molecule has 0 unspecified atom stereocenters. The molecule has 0 atom stereocenters. The van der Waals surface area contributed by atoms with Crippen LogP contribution in [-0.4, -0.2) is 6.54 Å². The Bertz CT molecular complexity index is 74.1. The fraction of sp³-hybridized carbons (Fsp3) is 0.200. The van der Waals surface area contributed by atoms with E-state index >= 15 is 0 Å². The normalized spacial score (nSPS) is 11.6. The standard InChI is InChI=1S/C5H10N2/c6-4-2-1-3-5-7/h1-4H,5-7H2/b3-1+,4-2+. The molecule has 0 saturated heterocycles. The van der Waals surface area contributed by atoms with Crippen molar-refractivity contribution in [3.05, 3.63) is 24.4 Å². The van der Waals surface area contributed by atoms with Crippen LogP contribution in [0.3, 0.4) is 0 Å². The van der Waals surface area contributed by atoms with Gasteiger partial charge in [-0.05, 0) is 12.3 Å². The van der Waals surface area contributed by atoms with Gasteiger partial charge in [-0.15, -0.1) is 0 Å². The first-order valence-electron chi connectivity index (χ1n) is 2.15. The van der Waals surface area contributed by atoms with Crippen molar-refractivity contribution in [2.45, 2.75) is 0 Å². The van der Waals surface area contributed by atoms with Crippen LogP contribution in [0.15, 0.2) is 24.4 Å². The minimum Gasteiger partial charge on any atom is -0.405 e. The van der Waals surface area contributed by atoms with Gasteiger partial charge in [-0.1, -0.05) is 12.2 Å². The quantitative estimate of drug-likeness (QED) is 0.477. The van der Waals surface area contributed by atoms with Gasteiger partial charge < -0.3 is 11.5 Å². The van der Waals surface area contributed by atoms with Crippen molar-refractivity contribution in [1.29, 1.82) is 0 Å². The highest BCUT2D eigenvalue weighted by Gasteiger charge is 1.57. The van der Waals surface area contributed by atoms with Crippen molar-refractivity contribution < 1.29 is 0 Å². The van der Waals surface area contributed by atoms with E-state index in [9.17, 15) is 0 Å². The summed E-state index contributed by atoms with van der Waals surface area (Å²) in [6, 6.07) is 0. The first kappa shape index (κ1) is 6.24. The molecule has 0 rings (SSSR count). The summed E-state index contributed by atoms with van der Waals surface area (Å²) in [5, 5.41) is 0. The van der Waals surface area contributed by atoms with Crippen LogP contribution in [-0.2, 0) is 0 Å². The average molecular weight is 98.1 g/mol. The Labute approximate surface area is 43.5 Å². The average Bonchev–Trinajstić information content (AvgIpc) is 1.69. The maximum atomic E-state index is 5.11. The van der Waals surface area contributed by atoms with E-state index in [2.05, 4.69) is 0 Å². The van der Waals surface area contributed by atoms with Gasteiger partial charge in [0.1, 0.15) is 0 Å². The Morgan fingerprint density at radius 2 is 2.00 bits per heavy atom. The number of hydrogen-bond donors (Lipinski definition) is 2. The van der Waals surface area contributed by atoms with Crippen LogP contribution in [0, 0.1) is 0 Å². The van der Waals surface area contributed by atoms with E-state index < -0.39 is 0 Å². The minimum atomic E-state index is 0.574. The molecule has 0 aromatic rings. The summed E-state index contributed by atoms with van der Waals surface area (Å²) in [5.41, 5.74) is 10.1. The molecule has 0 aliphatic rings. The van der Waals surface area contributed by atoms with Crippen LogP contribution in [0.4, 0.5) is 0 Å². The molecular formula is C5H10N2. The summed E-state index contributed by atoms with van der Waals surface area (Å²) in [4.78, 5) is 0. The second kappa shape index (κ2) is 5.24. The molecule has 2 nitrogen and oxygen atoms in total. The van der Waals surface area contributed by atoms with Gasteiger partial charge in [0.05, 0.1) is 0 Å². The maximum absolute atomic E-state index is 5.11. The molecule has 0 aliphatic heterocycles. The maximum Gasteiger partial charge on any atom is 0.0109 e. The molecule has 0 aromatic heterocycles. The van der Waals surface area contributed by atoms with Gasteiger partial charge in [0.15, 0.2) is 0 Å². The minimum absolute atomic E-state index is 0.574. The Morgan fingerprint density at radius 1 is 1.29 bits per heavy atom. The molecule has 0 heterocycles. The predicted molar refractivity (Wildman–Crippen MR) is 31.5 cm³/mol. The van der Waals surface area contributed by atoms with Crippen molar-refractivity contribution in [3.63, 3.8) is 0 Å². The highest BCUT2D eigenvalue weighted by atomic mass is 14.5. The second-order valence-corrected chi connectivity index (χ2v) is 1.05. The van der Waals surface area contributed by atoms with Crippen LogP contribution < -0.4 is 11.5 Å². The van der Waals surface area contributed by atoms with Gasteiger partial charge in [-0.25, -0.2) is 0 Å². The summed E-state index contributed by atoms with van der Waals surface area (Å²) >= 11 is 0. The monoisotopic (exact) mass is 98.1 g/mol. The summed E-state index contributed by atoms with van der Waals surface area (Å²) in [5.74, 6) is 0. The van der Waals surface area contributed by atoms with Crippen molar-refractivity contribution in [2.24, 2.45) is 11.5 Å². The summed E-state index contributed by atoms with van der Waals surface area (Å²) < 4.78 is 0. The zero-order valence-corrected chi connectivity index (χ0v) is 4.17. The topological polar surface area (TPSA) is 52.0 Å². The molecule has 40 valence electrons. The van der Waals surface area contributed by atoms with Gasteiger partial charge in [-0.3, -0.25) is 0 Å². The molecule has 0 fully saturated rings. The fourth-order valence-electron chi connectivity index (χ4n) is 0.221. The molecule has 0 amide bonds. The fourth-order valence-corrected chi connectivity index (χ4v) is 0.221. The number of allylic oxidation sites excluding steroid dienone is 2. The number of rotatable bonds is 2. The highest BCUT2D eigenvalue weighted by molar-refractivity contribution is 5.00. The number of hydrogen-bond acceptors (Lipinski definition) is 2. The van der Waals surface area contributed by atoms with E-state index in [1.807, 2.05) is 6.08 Å². The van der Waals surface area contributed by atoms with Gasteiger partial charge >= 0.3 is 0 Å². The highest BCUT2D eigenvalue weighted by Crippen LogP contribution is 1.67. The zero-order chi connectivity index (χ0) is 5.54. The Morgan fingerprint density at radius 3 is 2.43 bits per heavy atom. The largest absolute Gasteiger partial charge is 0.405 e. The Kier molecular flexibility index (Phi) is 4.67. The lowest BCUT2D eigenvalue weighted by molar-refractivity contribution is 1.25. The van der Waals surface area contributed by atoms with Gasteiger partial charge in [0, 0.05) is 6.54 Å². The SMILES string of the molecule is N/C=C/C=C/CN. The lowest BCUT2D eigenvalue weighted by atomic mass is 10.5. The van der Waals surface area contributed by atoms with Crippen molar-refractivity contribution in [3.8, 4) is 0 Å². The molecule has 0 aromatic carbocycles. The van der Waals surface area contributed by atoms with Gasteiger partial charge in [0.25, 0.3) is 0 Å². The van der Waals surface area contributed by atoms with Crippen LogP contribution in [0.1, 0.15) is 0 Å². The molecule has 0 spiro atoms. The summed E-state index contributed by atoms with van der Waals surface area (Å²) in [7, 11) is 0. The molecule has 0 radical (unpaired) electrons. The summed E-state index contributed by atoms with van der Waals surface area (Å²) in [6.07, 6.45) is 6.82. The van der Waals surface area contributed by atoms with Crippen LogP contribution in [0.2, 0.25) is 0 Å². The van der Waals surface area contributed by atoms with E-state index in [4.69, 9.17) is 11.5 Å². The van der Waals surface area contributed by atoms with Crippen molar-refractivity contribution in [1.82, 2.24) is 0 Å². The van der Waals surface area contributed by atoms with E-state index in [0.717, 1.165) is 0 Å². The molecule has 7 heavy (non-hydrogen) atoms. The van der Waals surface area contributed by atoms with Crippen molar-refractivity contribution in [2.75, 3.05) is 6.54 Å². The first-order chi connectivity index (χ1) is 3.41. The first-order valence-corrected chi connectivity index (χ1v) is 2.15.